The van der Waals surface area contributed by atoms with Gasteiger partial charge in [0.25, 0.3) is 0 Å². The van der Waals surface area contributed by atoms with Crippen molar-refractivity contribution in [3.05, 3.63) is 86.0 Å². The maximum Gasteiger partial charge on any atom is 0.183 e. The fourth-order valence-corrected chi connectivity index (χ4v) is 5.78. The molecule has 1 unspecified atom stereocenters. The fourth-order valence-electron chi connectivity index (χ4n) is 5.78. The van der Waals surface area contributed by atoms with Crippen LogP contribution in [0.1, 0.15) is 129 Å². The summed E-state index contributed by atoms with van der Waals surface area (Å²) < 4.78 is 0. The van der Waals surface area contributed by atoms with E-state index in [4.69, 9.17) is 0 Å². The molecule has 0 fully saturated rings. The summed E-state index contributed by atoms with van der Waals surface area (Å²) in [4.78, 5) is 39.6. The SMILES string of the molecule is CCCC(=O)c1c(O)c(CC=C(C)CCC=C(C)C)c(O)c(CC2=C(O)C(C)(CC=C(C)CCC=C(C)C)C(=O)C(C(C)=O)=C2O)c1O. The van der Waals surface area contributed by atoms with E-state index in [9.17, 15) is 39.9 Å². The van der Waals surface area contributed by atoms with Crippen LogP contribution in [0.2, 0.25) is 0 Å². The zero-order chi connectivity index (χ0) is 36.5. The molecule has 0 radical (unpaired) electrons. The number of rotatable bonds is 16. The number of aliphatic hydroxyl groups excluding tert-OH is 2. The smallest absolute Gasteiger partial charge is 0.183 e. The number of aromatic hydroxyl groups is 3. The van der Waals surface area contributed by atoms with Crippen molar-refractivity contribution in [1.82, 2.24) is 0 Å². The van der Waals surface area contributed by atoms with E-state index in [2.05, 4.69) is 12.2 Å². The Hall–Kier alpha value is -4.33. The van der Waals surface area contributed by atoms with Gasteiger partial charge in [0.1, 0.15) is 39.9 Å². The molecule has 0 bridgehead atoms. The van der Waals surface area contributed by atoms with Crippen LogP contribution < -0.4 is 0 Å². The van der Waals surface area contributed by atoms with Crippen molar-refractivity contribution in [3.8, 4) is 17.2 Å². The minimum Gasteiger partial charge on any atom is -0.511 e. The molecular weight excluding hydrogens is 608 g/mol. The van der Waals surface area contributed by atoms with Gasteiger partial charge in [-0.1, -0.05) is 53.5 Å². The number of phenols is 3. The molecule has 0 saturated carbocycles. The van der Waals surface area contributed by atoms with E-state index in [1.807, 2.05) is 53.7 Å². The summed E-state index contributed by atoms with van der Waals surface area (Å²) >= 11 is 0. The first kappa shape index (κ1) is 39.8. The highest BCUT2D eigenvalue weighted by Crippen LogP contribution is 2.48. The number of allylic oxidation sites excluding steroid dienone is 11. The predicted molar refractivity (Wildman–Crippen MR) is 191 cm³/mol. The van der Waals surface area contributed by atoms with E-state index >= 15 is 0 Å². The molecular formula is C40H54O8. The fraction of sp³-hybridized carbons (Fsp3) is 0.475. The molecule has 0 amide bonds. The molecule has 1 atom stereocenters. The Labute approximate surface area is 285 Å². The third-order valence-corrected chi connectivity index (χ3v) is 8.83. The number of carbonyl (C=O) groups is 3. The summed E-state index contributed by atoms with van der Waals surface area (Å²) in [6, 6.07) is 0. The standard InChI is InChI=1S/C40H54O8/c1-10-13-31(42)33-35(44)28(19-18-25(6)16-11-14-23(2)3)34(43)29(36(33)45)22-30-37(46)32(27(8)41)39(48)40(9,38(30)47)21-20-26(7)17-12-15-24(4)5/h14-15,18,20,43-47H,10-13,16-17,19,21-22H2,1-9H3. The second-order valence-corrected chi connectivity index (χ2v) is 13.6. The molecule has 0 heterocycles. The highest BCUT2D eigenvalue weighted by Gasteiger charge is 2.47. The molecule has 2 rings (SSSR count). The van der Waals surface area contributed by atoms with Gasteiger partial charge >= 0.3 is 0 Å². The van der Waals surface area contributed by atoms with Gasteiger partial charge in [0.15, 0.2) is 17.3 Å². The van der Waals surface area contributed by atoms with Gasteiger partial charge in [0.2, 0.25) is 0 Å². The first-order valence-corrected chi connectivity index (χ1v) is 16.7. The lowest BCUT2D eigenvalue weighted by Crippen LogP contribution is -2.38. The highest BCUT2D eigenvalue weighted by atomic mass is 16.3. The zero-order valence-corrected chi connectivity index (χ0v) is 30.1. The second kappa shape index (κ2) is 17.2. The van der Waals surface area contributed by atoms with Crippen LogP contribution in [0.5, 0.6) is 17.2 Å². The Morgan fingerprint density at radius 2 is 1.23 bits per heavy atom. The number of Topliss-reactive ketones (excluding diaryl/α,β-unsaturated/α-hetero) is 3. The molecule has 5 N–H and O–H groups in total. The van der Waals surface area contributed by atoms with Crippen molar-refractivity contribution in [2.45, 2.75) is 120 Å². The number of benzene rings is 1. The van der Waals surface area contributed by atoms with Crippen molar-refractivity contribution in [1.29, 1.82) is 0 Å². The number of hydrogen-bond acceptors (Lipinski definition) is 8. The summed E-state index contributed by atoms with van der Waals surface area (Å²) in [5, 5.41) is 56.9. The summed E-state index contributed by atoms with van der Waals surface area (Å²) in [6.07, 6.45) is 10.9. The topological polar surface area (TPSA) is 152 Å². The maximum atomic E-state index is 13.7. The molecule has 0 aromatic heterocycles. The minimum absolute atomic E-state index is 0.00346. The van der Waals surface area contributed by atoms with Gasteiger partial charge in [-0.05, 0) is 100 Å². The molecule has 262 valence electrons. The Morgan fingerprint density at radius 3 is 1.73 bits per heavy atom. The summed E-state index contributed by atoms with van der Waals surface area (Å²) in [6.45, 7) is 16.3. The third-order valence-electron chi connectivity index (χ3n) is 8.83. The molecule has 1 aliphatic carbocycles. The highest BCUT2D eigenvalue weighted by molar-refractivity contribution is 6.23. The Kier molecular flexibility index (Phi) is 14.3. The average molecular weight is 663 g/mol. The average Bonchev–Trinajstić information content (AvgIpc) is 2.98. The van der Waals surface area contributed by atoms with Crippen LogP contribution in [-0.2, 0) is 22.4 Å². The van der Waals surface area contributed by atoms with Crippen molar-refractivity contribution in [3.63, 3.8) is 0 Å². The van der Waals surface area contributed by atoms with Gasteiger partial charge in [-0.25, -0.2) is 0 Å². The molecule has 8 nitrogen and oxygen atoms in total. The van der Waals surface area contributed by atoms with Crippen LogP contribution in [0.3, 0.4) is 0 Å². The van der Waals surface area contributed by atoms with Crippen molar-refractivity contribution in [2.24, 2.45) is 5.41 Å². The van der Waals surface area contributed by atoms with Crippen LogP contribution in [0, 0.1) is 5.41 Å². The number of ketones is 3. The lowest BCUT2D eigenvalue weighted by atomic mass is 9.70. The van der Waals surface area contributed by atoms with E-state index in [1.54, 1.807) is 6.92 Å². The van der Waals surface area contributed by atoms with Gasteiger partial charge in [-0.2, -0.15) is 0 Å². The van der Waals surface area contributed by atoms with Gasteiger partial charge in [-0.15, -0.1) is 0 Å². The Bertz CT molecular complexity index is 1620. The van der Waals surface area contributed by atoms with Crippen LogP contribution in [0.15, 0.2) is 69.3 Å². The molecule has 1 aromatic rings. The van der Waals surface area contributed by atoms with Crippen LogP contribution in [-0.4, -0.2) is 42.9 Å². The largest absolute Gasteiger partial charge is 0.511 e. The monoisotopic (exact) mass is 662 g/mol. The zero-order valence-electron chi connectivity index (χ0n) is 30.1. The number of aliphatic hydroxyl groups is 2. The van der Waals surface area contributed by atoms with E-state index in [0.717, 1.165) is 43.8 Å². The van der Waals surface area contributed by atoms with Crippen molar-refractivity contribution in [2.75, 3.05) is 0 Å². The number of phenolic OH excluding ortho intramolecular Hbond substituents is 3. The molecule has 1 aliphatic rings. The number of carbonyl (C=O) groups excluding carboxylic acids is 3. The van der Waals surface area contributed by atoms with E-state index in [-0.39, 0.29) is 41.5 Å². The third kappa shape index (κ3) is 9.39. The Balaban J connectivity index is 2.77. The lowest BCUT2D eigenvalue weighted by Gasteiger charge is -2.33. The molecule has 0 aliphatic heterocycles. The normalized spacial score (nSPS) is 17.1. The van der Waals surface area contributed by atoms with Crippen molar-refractivity contribution >= 4 is 17.3 Å². The van der Waals surface area contributed by atoms with Crippen LogP contribution >= 0.6 is 0 Å². The summed E-state index contributed by atoms with van der Waals surface area (Å²) in [7, 11) is 0. The molecule has 48 heavy (non-hydrogen) atoms. The van der Waals surface area contributed by atoms with Crippen LogP contribution in [0.4, 0.5) is 0 Å². The van der Waals surface area contributed by atoms with Gasteiger partial charge in [0, 0.05) is 29.5 Å². The van der Waals surface area contributed by atoms with E-state index in [0.29, 0.717) is 6.42 Å². The quantitative estimate of drug-likeness (QED) is 0.0667. The molecule has 0 spiro atoms. The van der Waals surface area contributed by atoms with Crippen LogP contribution in [0.25, 0.3) is 0 Å². The Morgan fingerprint density at radius 1 is 0.708 bits per heavy atom. The maximum absolute atomic E-state index is 13.7. The van der Waals surface area contributed by atoms with E-state index in [1.165, 1.54) is 18.1 Å². The van der Waals surface area contributed by atoms with E-state index < -0.39 is 63.5 Å². The molecule has 8 heteroatoms. The van der Waals surface area contributed by atoms with Gasteiger partial charge < -0.3 is 25.5 Å². The lowest BCUT2D eigenvalue weighted by molar-refractivity contribution is -0.127. The first-order valence-electron chi connectivity index (χ1n) is 16.7. The minimum atomic E-state index is -1.63. The number of hydrogen-bond donors (Lipinski definition) is 5. The first-order chi connectivity index (χ1) is 22.4. The molecule has 1 aromatic carbocycles. The second-order valence-electron chi connectivity index (χ2n) is 13.6. The molecule has 0 saturated heterocycles. The van der Waals surface area contributed by atoms with Gasteiger partial charge in [0.05, 0.1) is 5.41 Å². The van der Waals surface area contributed by atoms with Gasteiger partial charge in [-0.3, -0.25) is 14.4 Å². The predicted octanol–water partition coefficient (Wildman–Crippen LogP) is 9.45. The summed E-state index contributed by atoms with van der Waals surface area (Å²) in [5.74, 6) is -5.00. The summed E-state index contributed by atoms with van der Waals surface area (Å²) in [5.41, 5.74) is 1.40. The van der Waals surface area contributed by atoms with Crippen molar-refractivity contribution < 1.29 is 39.9 Å².